The summed E-state index contributed by atoms with van der Waals surface area (Å²) in [5, 5.41) is 23.2. The van der Waals surface area contributed by atoms with Crippen LogP contribution in [0.2, 0.25) is 0 Å². The van der Waals surface area contributed by atoms with Crippen molar-refractivity contribution in [3.63, 3.8) is 0 Å². The van der Waals surface area contributed by atoms with Gasteiger partial charge >= 0.3 is 5.97 Å². The monoisotopic (exact) mass is 552 g/mol. The highest BCUT2D eigenvalue weighted by Gasteiger charge is 2.46. The molecule has 41 heavy (non-hydrogen) atoms. The Morgan fingerprint density at radius 1 is 0.976 bits per heavy atom. The molecule has 0 amide bonds. The van der Waals surface area contributed by atoms with Crippen LogP contribution in [0.3, 0.4) is 0 Å². The lowest BCUT2D eigenvalue weighted by Gasteiger charge is -2.33. The van der Waals surface area contributed by atoms with Crippen LogP contribution in [-0.2, 0) is 15.6 Å². The van der Waals surface area contributed by atoms with E-state index in [4.69, 9.17) is 0 Å². The van der Waals surface area contributed by atoms with Crippen molar-refractivity contribution >= 4 is 28.8 Å². The first-order valence-electron chi connectivity index (χ1n) is 14.7. The van der Waals surface area contributed by atoms with E-state index in [-0.39, 0.29) is 33.7 Å². The summed E-state index contributed by atoms with van der Waals surface area (Å²) in [5.41, 5.74) is 5.75. The number of allylic oxidation sites excluding steroid dienone is 5. The van der Waals surface area contributed by atoms with Crippen LogP contribution < -0.4 is 10.0 Å². The normalized spacial score (nSPS) is 20.6. The molecule has 214 valence electrons. The maximum Gasteiger partial charge on any atom is 0.335 e. The van der Waals surface area contributed by atoms with Crippen molar-refractivity contribution in [2.24, 2.45) is 0 Å². The number of ketones is 1. The number of benzene rings is 2. The Morgan fingerprint density at radius 2 is 1.68 bits per heavy atom. The molecule has 0 fully saturated rings. The van der Waals surface area contributed by atoms with Gasteiger partial charge < -0.3 is 15.1 Å². The zero-order chi connectivity index (χ0) is 29.7. The van der Waals surface area contributed by atoms with Gasteiger partial charge in [-0.3, -0.25) is 4.79 Å². The number of Topliss-reactive ketones (excluding diaryl/α,β-unsaturated/α-hetero) is 1. The first-order valence-corrected chi connectivity index (χ1v) is 14.7. The molecule has 2 heterocycles. The van der Waals surface area contributed by atoms with Crippen molar-refractivity contribution in [2.45, 2.75) is 78.1 Å². The second-order valence-corrected chi connectivity index (χ2v) is 12.4. The zero-order valence-corrected chi connectivity index (χ0v) is 25.0. The number of hydrogen-bond donors (Lipinski definition) is 1. The van der Waals surface area contributed by atoms with Crippen LogP contribution in [0.4, 0.5) is 11.4 Å². The van der Waals surface area contributed by atoms with E-state index >= 15 is 0 Å². The molecule has 5 rings (SSSR count). The van der Waals surface area contributed by atoms with Gasteiger partial charge in [-0.1, -0.05) is 64.5 Å². The fourth-order valence-electron chi connectivity index (χ4n) is 6.45. The van der Waals surface area contributed by atoms with Crippen molar-refractivity contribution in [1.29, 1.82) is 0 Å². The standard InChI is InChI=1S/C35H40N2O4/c1-7-9-17-36-27-14-12-11-13-25(27)34(3,4)29(36)20-23-31(38)24(32(23)39)21-30-35(5,6)26-19-22(33(40)41)15-16-28(26)37(30)18-10-8-2/h11-16,19-21H,7-10,17-18H2,1-6H3,(H-,38,39,40,41). The Bertz CT molecular complexity index is 1570. The van der Waals surface area contributed by atoms with E-state index in [0.717, 1.165) is 67.1 Å². The molecule has 0 atom stereocenters. The molecular formula is C35H40N2O4. The van der Waals surface area contributed by atoms with Crippen LogP contribution in [0.5, 0.6) is 0 Å². The number of rotatable bonds is 9. The summed E-state index contributed by atoms with van der Waals surface area (Å²) in [5.74, 6) is -1.44. The minimum atomic E-state index is -0.975. The molecule has 0 radical (unpaired) electrons. The first kappa shape index (κ1) is 28.6. The molecule has 6 nitrogen and oxygen atoms in total. The third-order valence-electron chi connectivity index (χ3n) is 8.95. The lowest BCUT2D eigenvalue weighted by Crippen LogP contribution is -2.35. The van der Waals surface area contributed by atoms with Gasteiger partial charge in [0.2, 0.25) is 5.69 Å². The van der Waals surface area contributed by atoms with Gasteiger partial charge in [0.05, 0.1) is 11.0 Å². The predicted molar refractivity (Wildman–Crippen MR) is 161 cm³/mol. The average molecular weight is 553 g/mol. The summed E-state index contributed by atoms with van der Waals surface area (Å²) >= 11 is 0. The van der Waals surface area contributed by atoms with Gasteiger partial charge in [0.1, 0.15) is 6.54 Å². The lowest BCUT2D eigenvalue weighted by molar-refractivity contribution is -0.438. The van der Waals surface area contributed by atoms with Gasteiger partial charge in [0, 0.05) is 58.6 Å². The van der Waals surface area contributed by atoms with Gasteiger partial charge in [-0.05, 0) is 50.1 Å². The van der Waals surface area contributed by atoms with Crippen LogP contribution >= 0.6 is 0 Å². The van der Waals surface area contributed by atoms with E-state index in [2.05, 4.69) is 49.3 Å². The quantitative estimate of drug-likeness (QED) is 0.297. The summed E-state index contributed by atoms with van der Waals surface area (Å²) in [6.45, 7) is 14.2. The highest BCUT2D eigenvalue weighted by atomic mass is 16.4. The van der Waals surface area contributed by atoms with Crippen molar-refractivity contribution < 1.29 is 24.4 Å². The van der Waals surface area contributed by atoms with E-state index in [1.54, 1.807) is 18.2 Å². The Labute approximate surface area is 243 Å². The molecule has 2 aliphatic heterocycles. The maximum absolute atomic E-state index is 13.6. The van der Waals surface area contributed by atoms with Crippen molar-refractivity contribution in [1.82, 2.24) is 0 Å². The topological polar surface area (TPSA) is 83.7 Å². The van der Waals surface area contributed by atoms with E-state index in [1.807, 2.05) is 38.1 Å². The number of carboxylic acid groups (broad SMARTS) is 1. The molecule has 1 N–H and O–H groups in total. The molecule has 6 heteroatoms. The number of carbonyl (C=O) groups is 2. The number of para-hydroxylation sites is 1. The average Bonchev–Trinajstić information content (AvgIpc) is 3.29. The minimum absolute atomic E-state index is 0.195. The SMILES string of the molecule is CCCCN1/C(=C/C2=C([O-])C(=C/C3=[N+](CCCC)c4ccccc4C3(C)C)/C2=O)C(C)(C)c2cc(C(=O)O)ccc21. The van der Waals surface area contributed by atoms with E-state index in [9.17, 15) is 19.8 Å². The number of fused-ring (bicyclic) bond motifs is 2. The molecule has 0 spiro atoms. The fourth-order valence-corrected chi connectivity index (χ4v) is 6.45. The smallest absolute Gasteiger partial charge is 0.335 e. The first-order chi connectivity index (χ1) is 19.4. The number of carboxylic acids is 1. The van der Waals surface area contributed by atoms with Gasteiger partial charge in [-0.15, -0.1) is 0 Å². The predicted octanol–water partition coefficient (Wildman–Crippen LogP) is 6.17. The highest BCUT2D eigenvalue weighted by Crippen LogP contribution is 2.49. The minimum Gasteiger partial charge on any atom is -0.871 e. The van der Waals surface area contributed by atoms with Crippen LogP contribution in [0.1, 0.15) is 88.7 Å². The van der Waals surface area contributed by atoms with Crippen LogP contribution in [0.25, 0.3) is 0 Å². The Hall–Kier alpha value is -3.93. The number of nitrogens with zero attached hydrogens (tertiary/aromatic N) is 2. The molecule has 1 aliphatic carbocycles. The summed E-state index contributed by atoms with van der Waals surface area (Å²) < 4.78 is 2.27. The molecule has 0 saturated carbocycles. The Kier molecular flexibility index (Phi) is 7.31. The summed E-state index contributed by atoms with van der Waals surface area (Å²) in [6, 6.07) is 13.5. The molecule has 2 aromatic carbocycles. The number of aromatic carboxylic acids is 1. The number of anilines is 1. The second-order valence-electron chi connectivity index (χ2n) is 12.4. The van der Waals surface area contributed by atoms with Gasteiger partial charge in [0.15, 0.2) is 11.5 Å². The molecular weight excluding hydrogens is 512 g/mol. The van der Waals surface area contributed by atoms with Gasteiger partial charge in [-0.2, -0.15) is 4.58 Å². The number of hydrogen-bond acceptors (Lipinski definition) is 4. The molecule has 3 aliphatic rings. The molecule has 0 bridgehead atoms. The summed E-state index contributed by atoms with van der Waals surface area (Å²) in [6.07, 6.45) is 7.55. The van der Waals surface area contributed by atoms with E-state index < -0.39 is 11.4 Å². The van der Waals surface area contributed by atoms with Crippen LogP contribution in [0.15, 0.2) is 77.2 Å². The lowest BCUT2D eigenvalue weighted by atomic mass is 9.77. The summed E-state index contributed by atoms with van der Waals surface area (Å²) in [4.78, 5) is 27.5. The fraction of sp³-hybridized carbons (Fsp3) is 0.400. The van der Waals surface area contributed by atoms with Crippen molar-refractivity contribution in [3.05, 3.63) is 93.9 Å². The summed E-state index contributed by atoms with van der Waals surface area (Å²) in [7, 11) is 0. The third kappa shape index (κ3) is 4.54. The zero-order valence-electron chi connectivity index (χ0n) is 25.0. The van der Waals surface area contributed by atoms with Crippen LogP contribution in [0, 0.1) is 0 Å². The molecule has 0 aromatic heterocycles. The van der Waals surface area contributed by atoms with E-state index in [1.165, 1.54) is 5.56 Å². The maximum atomic E-state index is 13.6. The largest absolute Gasteiger partial charge is 0.871 e. The Morgan fingerprint density at radius 3 is 2.34 bits per heavy atom. The van der Waals surface area contributed by atoms with E-state index in [0.29, 0.717) is 0 Å². The van der Waals surface area contributed by atoms with Gasteiger partial charge in [-0.25, -0.2) is 4.79 Å². The highest BCUT2D eigenvalue weighted by molar-refractivity contribution is 6.24. The van der Waals surface area contributed by atoms with Gasteiger partial charge in [0.25, 0.3) is 0 Å². The Balaban J connectivity index is 1.58. The van der Waals surface area contributed by atoms with Crippen molar-refractivity contribution in [3.8, 4) is 0 Å². The number of carbonyl (C=O) groups excluding carboxylic acids is 1. The molecule has 2 aromatic rings. The van der Waals surface area contributed by atoms with Crippen molar-refractivity contribution in [2.75, 3.05) is 18.0 Å². The molecule has 0 saturated heterocycles. The number of unbranched alkanes of at least 4 members (excludes halogenated alkanes) is 2. The third-order valence-corrected chi connectivity index (χ3v) is 8.95. The molecule has 0 unspecified atom stereocenters. The second kappa shape index (κ2) is 10.5. The van der Waals surface area contributed by atoms with Crippen LogP contribution in [-0.4, -0.2) is 40.2 Å².